The van der Waals surface area contributed by atoms with Crippen LogP contribution < -0.4 is 4.74 Å². The molecule has 0 radical (unpaired) electrons. The molecule has 150 valence electrons. The van der Waals surface area contributed by atoms with Crippen molar-refractivity contribution in [1.82, 2.24) is 5.16 Å². The Bertz CT molecular complexity index is 1020. The van der Waals surface area contributed by atoms with Crippen molar-refractivity contribution in [2.45, 2.75) is 29.9 Å². The number of carbonyl (C=O) groups excluding carboxylic acids is 1. The van der Waals surface area contributed by atoms with Gasteiger partial charge in [0, 0.05) is 21.5 Å². The lowest BCUT2D eigenvalue weighted by atomic mass is 10.1. The summed E-state index contributed by atoms with van der Waals surface area (Å²) in [5.74, 6) is 1.90. The second-order valence-corrected chi connectivity index (χ2v) is 8.16. The lowest BCUT2D eigenvalue weighted by molar-refractivity contribution is -0.142. The third-order valence-corrected chi connectivity index (χ3v) is 6.22. The smallest absolute Gasteiger partial charge is 0.343 e. The number of fused-ring (bicyclic) bond motifs is 1. The van der Waals surface area contributed by atoms with E-state index in [0.29, 0.717) is 10.8 Å². The molecule has 5 nitrogen and oxygen atoms in total. The van der Waals surface area contributed by atoms with Crippen molar-refractivity contribution in [3.8, 4) is 17.0 Å². The van der Waals surface area contributed by atoms with Gasteiger partial charge in [0.15, 0.2) is 6.61 Å². The van der Waals surface area contributed by atoms with E-state index in [1.165, 1.54) is 23.1 Å². The summed E-state index contributed by atoms with van der Waals surface area (Å²) in [6, 6.07) is 13.5. The Morgan fingerprint density at radius 3 is 2.76 bits per heavy atom. The molecule has 1 aliphatic carbocycles. The van der Waals surface area contributed by atoms with Gasteiger partial charge >= 0.3 is 5.97 Å². The SMILES string of the molecule is COC(=O)COc1ccc(SCc2cc(-c3ccc(Cl)cc3)no2)c2c1CCC2. The second-order valence-electron chi connectivity index (χ2n) is 6.71. The van der Waals surface area contributed by atoms with Gasteiger partial charge in [0.25, 0.3) is 0 Å². The van der Waals surface area contributed by atoms with Crippen LogP contribution in [0.5, 0.6) is 5.75 Å². The highest BCUT2D eigenvalue weighted by molar-refractivity contribution is 7.98. The first-order valence-electron chi connectivity index (χ1n) is 9.32. The summed E-state index contributed by atoms with van der Waals surface area (Å²) in [7, 11) is 1.36. The number of hydrogen-bond donors (Lipinski definition) is 0. The number of thioether (sulfide) groups is 1. The standard InChI is InChI=1S/C22H20ClNO4S/c1-26-22(25)12-27-20-9-10-21(18-4-2-3-17(18)20)29-13-16-11-19(24-28-16)14-5-7-15(23)8-6-14/h5-11H,2-4,12-13H2,1H3. The molecule has 0 spiro atoms. The van der Waals surface area contributed by atoms with Crippen molar-refractivity contribution in [2.24, 2.45) is 0 Å². The van der Waals surface area contributed by atoms with Crippen LogP contribution in [0.1, 0.15) is 23.3 Å². The van der Waals surface area contributed by atoms with Gasteiger partial charge in [-0.25, -0.2) is 4.79 Å². The summed E-state index contributed by atoms with van der Waals surface area (Å²) in [4.78, 5) is 12.6. The largest absolute Gasteiger partial charge is 0.482 e. The van der Waals surface area contributed by atoms with Crippen LogP contribution in [0.4, 0.5) is 0 Å². The maximum Gasteiger partial charge on any atom is 0.343 e. The molecular formula is C22H20ClNO4S. The van der Waals surface area contributed by atoms with Gasteiger partial charge in [-0.05, 0) is 54.7 Å². The number of benzene rings is 2. The zero-order valence-corrected chi connectivity index (χ0v) is 17.5. The first-order chi connectivity index (χ1) is 14.1. The number of hydrogen-bond acceptors (Lipinski definition) is 6. The van der Waals surface area contributed by atoms with Crippen LogP contribution in [0.3, 0.4) is 0 Å². The molecule has 0 saturated heterocycles. The number of halogens is 1. The summed E-state index contributed by atoms with van der Waals surface area (Å²) in [6.45, 7) is -0.0685. The van der Waals surface area contributed by atoms with E-state index in [2.05, 4.69) is 16.0 Å². The lowest BCUT2D eigenvalue weighted by Gasteiger charge is -2.13. The lowest BCUT2D eigenvalue weighted by Crippen LogP contribution is -2.13. The van der Waals surface area contributed by atoms with Crippen molar-refractivity contribution in [2.75, 3.05) is 13.7 Å². The minimum absolute atomic E-state index is 0.0685. The molecule has 1 aliphatic rings. The quantitative estimate of drug-likeness (QED) is 0.373. The average Bonchev–Trinajstić information content (AvgIpc) is 3.41. The van der Waals surface area contributed by atoms with Crippen LogP contribution in [0.2, 0.25) is 5.02 Å². The number of aromatic nitrogens is 1. The van der Waals surface area contributed by atoms with Crippen LogP contribution in [-0.2, 0) is 28.1 Å². The second kappa shape index (κ2) is 8.93. The van der Waals surface area contributed by atoms with Crippen molar-refractivity contribution >= 4 is 29.3 Å². The maximum atomic E-state index is 11.4. The van der Waals surface area contributed by atoms with Crippen molar-refractivity contribution in [3.63, 3.8) is 0 Å². The Hall–Kier alpha value is -2.44. The summed E-state index contributed by atoms with van der Waals surface area (Å²) >= 11 is 7.67. The topological polar surface area (TPSA) is 61.6 Å². The highest BCUT2D eigenvalue weighted by Gasteiger charge is 2.21. The van der Waals surface area contributed by atoms with E-state index in [4.69, 9.17) is 20.9 Å². The molecule has 3 aromatic rings. The molecule has 2 aromatic carbocycles. The van der Waals surface area contributed by atoms with E-state index in [0.717, 1.165) is 42.0 Å². The Balaban J connectivity index is 1.44. The van der Waals surface area contributed by atoms with Crippen LogP contribution in [-0.4, -0.2) is 24.8 Å². The van der Waals surface area contributed by atoms with Crippen molar-refractivity contribution in [1.29, 1.82) is 0 Å². The predicted molar refractivity (Wildman–Crippen MR) is 112 cm³/mol. The first kappa shape index (κ1) is 19.9. The molecule has 0 atom stereocenters. The first-order valence-corrected chi connectivity index (χ1v) is 10.7. The zero-order chi connectivity index (χ0) is 20.2. The number of esters is 1. The van der Waals surface area contributed by atoms with E-state index in [-0.39, 0.29) is 12.6 Å². The van der Waals surface area contributed by atoms with Gasteiger partial charge < -0.3 is 14.0 Å². The molecule has 0 unspecified atom stereocenters. The predicted octanol–water partition coefficient (Wildman–Crippen LogP) is 5.33. The van der Waals surface area contributed by atoms with Gasteiger partial charge in [-0.3, -0.25) is 0 Å². The number of ether oxygens (including phenoxy) is 2. The Kier molecular flexibility index (Phi) is 6.11. The van der Waals surface area contributed by atoms with Crippen molar-refractivity contribution in [3.05, 3.63) is 64.4 Å². The molecule has 0 bridgehead atoms. The van der Waals surface area contributed by atoms with E-state index in [1.54, 1.807) is 11.8 Å². The molecule has 0 saturated carbocycles. The average molecular weight is 430 g/mol. The van der Waals surface area contributed by atoms with E-state index in [9.17, 15) is 4.79 Å². The fourth-order valence-electron chi connectivity index (χ4n) is 3.39. The normalized spacial score (nSPS) is 12.6. The molecule has 0 N–H and O–H groups in total. The zero-order valence-electron chi connectivity index (χ0n) is 15.9. The summed E-state index contributed by atoms with van der Waals surface area (Å²) in [5, 5.41) is 4.86. The van der Waals surface area contributed by atoms with E-state index >= 15 is 0 Å². The fourth-order valence-corrected chi connectivity index (χ4v) is 4.52. The molecule has 1 aromatic heterocycles. The molecule has 7 heteroatoms. The minimum Gasteiger partial charge on any atom is -0.482 e. The third kappa shape index (κ3) is 4.60. The summed E-state index contributed by atoms with van der Waals surface area (Å²) in [6.07, 6.45) is 3.06. The highest BCUT2D eigenvalue weighted by atomic mass is 35.5. The molecule has 1 heterocycles. The van der Waals surface area contributed by atoms with Crippen LogP contribution in [0.25, 0.3) is 11.3 Å². The van der Waals surface area contributed by atoms with Crippen LogP contribution >= 0.6 is 23.4 Å². The number of nitrogens with zero attached hydrogens (tertiary/aromatic N) is 1. The Morgan fingerprint density at radius 1 is 1.17 bits per heavy atom. The minimum atomic E-state index is -0.378. The molecular weight excluding hydrogens is 410 g/mol. The van der Waals surface area contributed by atoms with Gasteiger partial charge in [0.2, 0.25) is 0 Å². The van der Waals surface area contributed by atoms with Gasteiger partial charge in [-0.1, -0.05) is 28.9 Å². The number of carbonyl (C=O) groups is 1. The van der Waals surface area contributed by atoms with Crippen LogP contribution in [0.15, 0.2) is 51.9 Å². The monoisotopic (exact) mass is 429 g/mol. The molecule has 0 aliphatic heterocycles. The summed E-state index contributed by atoms with van der Waals surface area (Å²) < 4.78 is 15.8. The van der Waals surface area contributed by atoms with Crippen LogP contribution in [0, 0.1) is 0 Å². The highest BCUT2D eigenvalue weighted by Crippen LogP contribution is 2.39. The Morgan fingerprint density at radius 2 is 1.97 bits per heavy atom. The van der Waals surface area contributed by atoms with Gasteiger partial charge in [-0.15, -0.1) is 11.8 Å². The summed E-state index contributed by atoms with van der Waals surface area (Å²) in [5.41, 5.74) is 4.27. The maximum absolute atomic E-state index is 11.4. The molecule has 0 amide bonds. The van der Waals surface area contributed by atoms with E-state index < -0.39 is 0 Å². The molecule has 0 fully saturated rings. The molecule has 4 rings (SSSR count). The van der Waals surface area contributed by atoms with Gasteiger partial charge in [-0.2, -0.15) is 0 Å². The van der Waals surface area contributed by atoms with Crippen molar-refractivity contribution < 1.29 is 18.8 Å². The number of methoxy groups -OCH3 is 1. The molecule has 29 heavy (non-hydrogen) atoms. The Labute approximate surface area is 178 Å². The number of rotatable bonds is 7. The van der Waals surface area contributed by atoms with Gasteiger partial charge in [0.1, 0.15) is 17.2 Å². The van der Waals surface area contributed by atoms with E-state index in [1.807, 2.05) is 36.4 Å². The van der Waals surface area contributed by atoms with Gasteiger partial charge in [0.05, 0.1) is 12.9 Å². The fraction of sp³-hybridized carbons (Fsp3) is 0.273. The third-order valence-electron chi connectivity index (χ3n) is 4.84.